The van der Waals surface area contributed by atoms with Crippen molar-refractivity contribution in [2.45, 2.75) is 26.3 Å². The Kier molecular flexibility index (Phi) is 2.18. The first-order valence-corrected chi connectivity index (χ1v) is 5.03. The van der Waals surface area contributed by atoms with Gasteiger partial charge in [-0.15, -0.1) is 0 Å². The highest BCUT2D eigenvalue weighted by Crippen LogP contribution is 2.27. The summed E-state index contributed by atoms with van der Waals surface area (Å²) in [7, 11) is 0. The highest BCUT2D eigenvalue weighted by atomic mass is 16.6. The van der Waals surface area contributed by atoms with Gasteiger partial charge < -0.3 is 10.1 Å². The summed E-state index contributed by atoms with van der Waals surface area (Å²) < 4.78 is 4.95. The molecular weight excluding hydrogens is 190 g/mol. The lowest BCUT2D eigenvalue weighted by molar-refractivity contribution is 0.173. The monoisotopic (exact) mass is 205 g/mol. The molecule has 0 aliphatic carbocycles. The quantitative estimate of drug-likeness (QED) is 0.763. The number of amides is 1. The highest BCUT2D eigenvalue weighted by molar-refractivity contribution is 5.71. The summed E-state index contributed by atoms with van der Waals surface area (Å²) in [6.45, 7) is 6.48. The van der Waals surface area contributed by atoms with E-state index in [9.17, 15) is 4.79 Å². The van der Waals surface area contributed by atoms with Crippen LogP contribution in [0.3, 0.4) is 0 Å². The molecule has 1 N–H and O–H groups in total. The van der Waals surface area contributed by atoms with Crippen LogP contribution in [-0.4, -0.2) is 12.7 Å². The minimum Gasteiger partial charge on any atom is -0.447 e. The number of hydrogen-bond donors (Lipinski definition) is 1. The molecule has 3 heteroatoms. The molecule has 3 nitrogen and oxygen atoms in total. The van der Waals surface area contributed by atoms with Crippen molar-refractivity contribution in [2.75, 3.05) is 6.61 Å². The van der Waals surface area contributed by atoms with Crippen molar-refractivity contribution in [3.8, 4) is 0 Å². The van der Waals surface area contributed by atoms with Gasteiger partial charge in [0, 0.05) is 0 Å². The van der Waals surface area contributed by atoms with E-state index in [1.54, 1.807) is 0 Å². The third kappa shape index (κ3) is 1.82. The summed E-state index contributed by atoms with van der Waals surface area (Å²) in [6, 6.07) is 6.29. The molecule has 1 fully saturated rings. The maximum Gasteiger partial charge on any atom is 0.408 e. The van der Waals surface area contributed by atoms with E-state index in [2.05, 4.69) is 37.4 Å². The van der Waals surface area contributed by atoms with Crippen LogP contribution >= 0.6 is 0 Å². The number of benzene rings is 1. The number of carbonyl (C=O) groups is 1. The summed E-state index contributed by atoms with van der Waals surface area (Å²) >= 11 is 0. The number of hydrogen-bond acceptors (Lipinski definition) is 2. The second-order valence-electron chi connectivity index (χ2n) is 4.41. The van der Waals surface area contributed by atoms with Gasteiger partial charge in [0.2, 0.25) is 0 Å². The maximum absolute atomic E-state index is 11.1. The fraction of sp³-hybridized carbons (Fsp3) is 0.417. The van der Waals surface area contributed by atoms with E-state index >= 15 is 0 Å². The second kappa shape index (κ2) is 3.26. The predicted octanol–water partition coefficient (Wildman–Crippen LogP) is 2.26. The molecule has 1 aliphatic heterocycles. The standard InChI is InChI=1S/C12H15NO2/c1-8-4-9(2)6-10(5-8)12(3)7-15-11(14)13-12/h4-6H,7H2,1-3H3,(H,13,14). The van der Waals surface area contributed by atoms with E-state index in [4.69, 9.17) is 4.74 Å². The van der Waals surface area contributed by atoms with Crippen LogP contribution in [0.25, 0.3) is 0 Å². The smallest absolute Gasteiger partial charge is 0.408 e. The number of cyclic esters (lactones) is 1. The molecule has 1 aliphatic rings. The number of carbonyl (C=O) groups excluding carboxylic acids is 1. The van der Waals surface area contributed by atoms with Crippen molar-refractivity contribution in [1.29, 1.82) is 0 Å². The molecule has 0 bridgehead atoms. The normalized spacial score (nSPS) is 24.9. The molecule has 1 aromatic rings. The molecule has 1 amide bonds. The molecule has 15 heavy (non-hydrogen) atoms. The fourth-order valence-electron chi connectivity index (χ4n) is 1.96. The zero-order valence-corrected chi connectivity index (χ0v) is 9.26. The van der Waals surface area contributed by atoms with Crippen molar-refractivity contribution in [3.05, 3.63) is 34.9 Å². The molecule has 0 radical (unpaired) electrons. The number of ether oxygens (including phenoxy) is 1. The van der Waals surface area contributed by atoms with E-state index in [1.165, 1.54) is 11.1 Å². The summed E-state index contributed by atoms with van der Waals surface area (Å²) in [5.41, 5.74) is 3.12. The largest absolute Gasteiger partial charge is 0.447 e. The fourth-order valence-corrected chi connectivity index (χ4v) is 1.96. The Labute approximate surface area is 89.4 Å². The van der Waals surface area contributed by atoms with Gasteiger partial charge in [0.05, 0.1) is 5.54 Å². The molecule has 1 atom stereocenters. The number of nitrogens with one attached hydrogen (secondary N) is 1. The van der Waals surface area contributed by atoms with E-state index in [0.29, 0.717) is 6.61 Å². The zero-order chi connectivity index (χ0) is 11.1. The van der Waals surface area contributed by atoms with Crippen LogP contribution in [0.4, 0.5) is 4.79 Å². The van der Waals surface area contributed by atoms with Crippen molar-refractivity contribution in [2.24, 2.45) is 0 Å². The van der Waals surface area contributed by atoms with Gasteiger partial charge in [0.1, 0.15) is 6.61 Å². The van der Waals surface area contributed by atoms with E-state index in [-0.39, 0.29) is 11.6 Å². The molecular formula is C12H15NO2. The summed E-state index contributed by atoms with van der Waals surface area (Å²) in [6.07, 6.45) is -0.336. The van der Waals surface area contributed by atoms with Crippen LogP contribution in [0.1, 0.15) is 23.6 Å². The van der Waals surface area contributed by atoms with E-state index in [0.717, 1.165) is 5.56 Å². The molecule has 2 rings (SSSR count). The number of rotatable bonds is 1. The molecule has 80 valence electrons. The van der Waals surface area contributed by atoms with Crippen LogP contribution < -0.4 is 5.32 Å². The van der Waals surface area contributed by atoms with Gasteiger partial charge in [-0.1, -0.05) is 29.3 Å². The number of alkyl carbamates (subject to hydrolysis) is 1. The first-order valence-electron chi connectivity index (χ1n) is 5.03. The van der Waals surface area contributed by atoms with E-state index in [1.807, 2.05) is 6.92 Å². The van der Waals surface area contributed by atoms with Crippen LogP contribution in [0, 0.1) is 13.8 Å². The van der Waals surface area contributed by atoms with Crippen molar-refractivity contribution in [3.63, 3.8) is 0 Å². The lowest BCUT2D eigenvalue weighted by atomic mass is 9.91. The third-order valence-electron chi connectivity index (χ3n) is 2.73. The van der Waals surface area contributed by atoms with Gasteiger partial charge in [-0.05, 0) is 26.3 Å². The average molecular weight is 205 g/mol. The molecule has 1 saturated heterocycles. The molecule has 0 spiro atoms. The molecule has 1 aromatic carbocycles. The Bertz CT molecular complexity index is 394. The van der Waals surface area contributed by atoms with Crippen molar-refractivity contribution < 1.29 is 9.53 Å². The van der Waals surface area contributed by atoms with Crippen LogP contribution in [0.2, 0.25) is 0 Å². The average Bonchev–Trinajstić information content (AvgIpc) is 2.46. The first kappa shape index (κ1) is 10.0. The second-order valence-corrected chi connectivity index (χ2v) is 4.41. The van der Waals surface area contributed by atoms with E-state index < -0.39 is 0 Å². The topological polar surface area (TPSA) is 38.3 Å². The van der Waals surface area contributed by atoms with Gasteiger partial charge in [-0.25, -0.2) is 4.79 Å². The Morgan fingerprint density at radius 2 is 1.87 bits per heavy atom. The number of aryl methyl sites for hydroxylation is 2. The van der Waals surface area contributed by atoms with Gasteiger partial charge in [-0.2, -0.15) is 0 Å². The Balaban J connectivity index is 2.40. The minimum atomic E-state index is -0.381. The lowest BCUT2D eigenvalue weighted by Crippen LogP contribution is -2.37. The minimum absolute atomic E-state index is 0.336. The van der Waals surface area contributed by atoms with Crippen LogP contribution in [0.15, 0.2) is 18.2 Å². The maximum atomic E-state index is 11.1. The summed E-state index contributed by atoms with van der Waals surface area (Å²) in [4.78, 5) is 11.1. The Morgan fingerprint density at radius 3 is 2.33 bits per heavy atom. The SMILES string of the molecule is Cc1cc(C)cc(C2(C)COC(=O)N2)c1. The molecule has 0 aromatic heterocycles. The molecule has 1 heterocycles. The summed E-state index contributed by atoms with van der Waals surface area (Å²) in [5, 5.41) is 2.84. The van der Waals surface area contributed by atoms with Crippen LogP contribution in [-0.2, 0) is 10.3 Å². The summed E-state index contributed by atoms with van der Waals surface area (Å²) in [5.74, 6) is 0. The van der Waals surface area contributed by atoms with Gasteiger partial charge in [0.25, 0.3) is 0 Å². The zero-order valence-electron chi connectivity index (χ0n) is 9.26. The van der Waals surface area contributed by atoms with Crippen molar-refractivity contribution >= 4 is 6.09 Å². The third-order valence-corrected chi connectivity index (χ3v) is 2.73. The van der Waals surface area contributed by atoms with Gasteiger partial charge >= 0.3 is 6.09 Å². The lowest BCUT2D eigenvalue weighted by Gasteiger charge is -2.22. The van der Waals surface area contributed by atoms with Crippen LogP contribution in [0.5, 0.6) is 0 Å². The van der Waals surface area contributed by atoms with Gasteiger partial charge in [-0.3, -0.25) is 0 Å². The highest BCUT2D eigenvalue weighted by Gasteiger charge is 2.36. The predicted molar refractivity (Wildman–Crippen MR) is 57.8 cm³/mol. The Morgan fingerprint density at radius 1 is 1.27 bits per heavy atom. The molecule has 1 unspecified atom stereocenters. The Hall–Kier alpha value is -1.51. The molecule has 0 saturated carbocycles. The first-order chi connectivity index (χ1) is 6.99. The van der Waals surface area contributed by atoms with Crippen molar-refractivity contribution in [1.82, 2.24) is 5.32 Å². The van der Waals surface area contributed by atoms with Gasteiger partial charge in [0.15, 0.2) is 0 Å².